The normalized spacial score (nSPS) is 31.6. The zero-order chi connectivity index (χ0) is 21.0. The van der Waals surface area contributed by atoms with Crippen LogP contribution in [0.15, 0.2) is 0 Å². The van der Waals surface area contributed by atoms with Crippen LogP contribution in [0.25, 0.3) is 0 Å². The Kier molecular flexibility index (Phi) is 12.5. The molecule has 0 radical (unpaired) electrons. The Labute approximate surface area is 186 Å². The van der Waals surface area contributed by atoms with Gasteiger partial charge in [0.1, 0.15) is 0 Å². The third-order valence-electron chi connectivity index (χ3n) is 8.45. The molecule has 2 heteroatoms. The fourth-order valence-corrected chi connectivity index (χ4v) is 8.07. The van der Waals surface area contributed by atoms with Gasteiger partial charge in [0.05, 0.1) is 0 Å². The van der Waals surface area contributed by atoms with Crippen LogP contribution in [0.4, 0.5) is 0 Å². The topological polar surface area (TPSA) is 17.1 Å². The molecule has 2 fully saturated rings. The average Bonchev–Trinajstić information content (AvgIpc) is 2.76. The molecule has 0 bridgehead atoms. The summed E-state index contributed by atoms with van der Waals surface area (Å²) in [5.74, 6) is 3.82. The van der Waals surface area contributed by atoms with Crippen molar-refractivity contribution in [2.45, 2.75) is 148 Å². The first-order chi connectivity index (χ1) is 14.1. The van der Waals surface area contributed by atoms with Crippen LogP contribution in [0.2, 0.25) is 0 Å². The molecule has 0 aromatic carbocycles. The Morgan fingerprint density at radius 3 is 1.86 bits per heavy atom. The number of hydrogen-bond donors (Lipinski definition) is 0. The van der Waals surface area contributed by atoms with Gasteiger partial charge < -0.3 is 0 Å². The highest BCUT2D eigenvalue weighted by molar-refractivity contribution is 7.86. The molecule has 2 aliphatic rings. The van der Waals surface area contributed by atoms with Gasteiger partial charge in [-0.3, -0.25) is 4.21 Å². The Hall–Kier alpha value is 0.150. The molecule has 2 aliphatic carbocycles. The van der Waals surface area contributed by atoms with E-state index in [1.165, 1.54) is 122 Å². The lowest BCUT2D eigenvalue weighted by Crippen LogP contribution is -2.41. The van der Waals surface area contributed by atoms with Crippen molar-refractivity contribution in [2.75, 3.05) is 5.75 Å². The van der Waals surface area contributed by atoms with Crippen molar-refractivity contribution in [2.24, 2.45) is 17.8 Å². The van der Waals surface area contributed by atoms with Crippen LogP contribution >= 0.6 is 0 Å². The fourth-order valence-electron chi connectivity index (χ4n) is 6.39. The second kappa shape index (κ2) is 14.3. The van der Waals surface area contributed by atoms with Crippen molar-refractivity contribution in [3.63, 3.8) is 0 Å². The van der Waals surface area contributed by atoms with Crippen LogP contribution in [0, 0.1) is 17.8 Å². The minimum absolute atomic E-state index is 0.174. The van der Waals surface area contributed by atoms with Gasteiger partial charge in [-0.15, -0.1) is 0 Å². The van der Waals surface area contributed by atoms with E-state index in [0.717, 1.165) is 23.5 Å². The van der Waals surface area contributed by atoms with E-state index in [4.69, 9.17) is 0 Å². The molecule has 172 valence electrons. The largest absolute Gasteiger partial charge is 0.259 e. The van der Waals surface area contributed by atoms with Gasteiger partial charge in [0.2, 0.25) is 0 Å². The van der Waals surface area contributed by atoms with Gasteiger partial charge in [-0.25, -0.2) is 0 Å². The molecule has 0 amide bonds. The minimum atomic E-state index is -0.611. The van der Waals surface area contributed by atoms with Crippen molar-refractivity contribution in [1.82, 2.24) is 0 Å². The minimum Gasteiger partial charge on any atom is -0.259 e. The summed E-state index contributed by atoms with van der Waals surface area (Å²) in [6.45, 7) is 6.75. The van der Waals surface area contributed by atoms with E-state index in [1.54, 1.807) is 0 Å². The van der Waals surface area contributed by atoms with E-state index < -0.39 is 10.8 Å². The molecule has 0 aromatic heterocycles. The molecular formula is C27H52OS. The summed E-state index contributed by atoms with van der Waals surface area (Å²) in [7, 11) is -0.611. The quantitative estimate of drug-likeness (QED) is 0.254. The summed E-state index contributed by atoms with van der Waals surface area (Å²) >= 11 is 0. The van der Waals surface area contributed by atoms with E-state index in [9.17, 15) is 4.21 Å². The zero-order valence-electron chi connectivity index (χ0n) is 20.2. The molecule has 0 aliphatic heterocycles. The van der Waals surface area contributed by atoms with E-state index >= 15 is 0 Å². The standard InChI is InChI=1S/C27H52OS/c1-4-7-9-10-11-13-21-27(29(28)6-3)22-19-26(20-23-27)25-17-15-24(16-18-25)14-12-8-5-2/h24-26H,4-23H2,1-3H3. The van der Waals surface area contributed by atoms with Gasteiger partial charge >= 0.3 is 0 Å². The van der Waals surface area contributed by atoms with Gasteiger partial charge in [0, 0.05) is 21.3 Å². The maximum atomic E-state index is 13.0. The van der Waals surface area contributed by atoms with Gasteiger partial charge in [0.15, 0.2) is 0 Å². The highest BCUT2D eigenvalue weighted by Crippen LogP contribution is 2.46. The third kappa shape index (κ3) is 8.30. The molecule has 2 rings (SSSR count). The maximum absolute atomic E-state index is 13.0. The summed E-state index contributed by atoms with van der Waals surface area (Å²) in [5.41, 5.74) is 0. The molecule has 0 N–H and O–H groups in total. The first kappa shape index (κ1) is 25.4. The first-order valence-corrected chi connectivity index (χ1v) is 14.9. The molecular weight excluding hydrogens is 372 g/mol. The summed E-state index contributed by atoms with van der Waals surface area (Å²) in [4.78, 5) is 0. The number of hydrogen-bond acceptors (Lipinski definition) is 1. The molecule has 29 heavy (non-hydrogen) atoms. The SMILES string of the molecule is CCCCCCCCC1(S(=O)CC)CCC(C2CCC(CCCCC)CC2)CC1. The Bertz CT molecular complexity index is 430. The van der Waals surface area contributed by atoms with Crippen molar-refractivity contribution in [3.05, 3.63) is 0 Å². The fraction of sp³-hybridized carbons (Fsp3) is 1.00. The van der Waals surface area contributed by atoms with Crippen molar-refractivity contribution in [3.8, 4) is 0 Å². The van der Waals surface area contributed by atoms with Crippen LogP contribution in [0.3, 0.4) is 0 Å². The van der Waals surface area contributed by atoms with Crippen LogP contribution in [-0.2, 0) is 10.8 Å². The highest BCUT2D eigenvalue weighted by atomic mass is 32.2. The summed E-state index contributed by atoms with van der Waals surface area (Å²) in [5, 5.41) is 0. The van der Waals surface area contributed by atoms with Gasteiger partial charge in [-0.1, -0.05) is 97.8 Å². The van der Waals surface area contributed by atoms with E-state index in [0.29, 0.717) is 0 Å². The van der Waals surface area contributed by atoms with Crippen LogP contribution in [0.1, 0.15) is 143 Å². The Morgan fingerprint density at radius 2 is 1.24 bits per heavy atom. The molecule has 0 heterocycles. The zero-order valence-corrected chi connectivity index (χ0v) is 21.0. The first-order valence-electron chi connectivity index (χ1n) is 13.5. The molecule has 0 saturated heterocycles. The predicted molar refractivity (Wildman–Crippen MR) is 131 cm³/mol. The maximum Gasteiger partial charge on any atom is 0.0459 e. The lowest BCUT2D eigenvalue weighted by molar-refractivity contribution is 0.146. The number of rotatable bonds is 14. The van der Waals surface area contributed by atoms with Crippen molar-refractivity contribution < 1.29 is 4.21 Å². The van der Waals surface area contributed by atoms with E-state index in [-0.39, 0.29) is 4.75 Å². The summed E-state index contributed by atoms with van der Waals surface area (Å²) in [6, 6.07) is 0. The molecule has 1 unspecified atom stereocenters. The lowest BCUT2D eigenvalue weighted by atomic mass is 9.68. The lowest BCUT2D eigenvalue weighted by Gasteiger charge is -2.43. The van der Waals surface area contributed by atoms with E-state index in [1.807, 2.05) is 0 Å². The molecule has 2 saturated carbocycles. The van der Waals surface area contributed by atoms with Crippen LogP contribution in [0.5, 0.6) is 0 Å². The summed E-state index contributed by atoms with van der Waals surface area (Å²) in [6.07, 6.45) is 26.3. The monoisotopic (exact) mass is 424 g/mol. The molecule has 0 spiro atoms. The predicted octanol–water partition coefficient (Wildman–Crippen LogP) is 8.82. The number of unbranched alkanes of at least 4 members (excludes halogenated alkanes) is 7. The van der Waals surface area contributed by atoms with Gasteiger partial charge in [-0.05, 0) is 62.7 Å². The van der Waals surface area contributed by atoms with Gasteiger partial charge in [-0.2, -0.15) is 0 Å². The van der Waals surface area contributed by atoms with E-state index in [2.05, 4.69) is 20.8 Å². The average molecular weight is 425 g/mol. The second-order valence-corrected chi connectivity index (χ2v) is 12.6. The summed E-state index contributed by atoms with van der Waals surface area (Å²) < 4.78 is 13.2. The Morgan fingerprint density at radius 1 is 0.690 bits per heavy atom. The van der Waals surface area contributed by atoms with Crippen molar-refractivity contribution in [1.29, 1.82) is 0 Å². The highest BCUT2D eigenvalue weighted by Gasteiger charge is 2.41. The Balaban J connectivity index is 1.74. The second-order valence-electron chi connectivity index (χ2n) is 10.4. The van der Waals surface area contributed by atoms with Crippen molar-refractivity contribution >= 4 is 10.8 Å². The third-order valence-corrected chi connectivity index (χ3v) is 10.5. The smallest absolute Gasteiger partial charge is 0.0459 e. The van der Waals surface area contributed by atoms with Crippen LogP contribution in [-0.4, -0.2) is 14.7 Å². The van der Waals surface area contributed by atoms with Crippen LogP contribution < -0.4 is 0 Å². The van der Waals surface area contributed by atoms with Gasteiger partial charge in [0.25, 0.3) is 0 Å². The molecule has 1 atom stereocenters. The molecule has 0 aromatic rings. The molecule has 1 nitrogen and oxygen atoms in total.